The van der Waals surface area contributed by atoms with Crippen LogP contribution in [0.5, 0.6) is 0 Å². The summed E-state index contributed by atoms with van der Waals surface area (Å²) < 4.78 is 10.1. The topological polar surface area (TPSA) is 52.6 Å². The van der Waals surface area contributed by atoms with Crippen LogP contribution in [0.1, 0.15) is 47.0 Å². The second-order valence-corrected chi connectivity index (χ2v) is 3.68. The first-order valence-electron chi connectivity index (χ1n) is 5.30. The van der Waals surface area contributed by atoms with Gasteiger partial charge in [0.2, 0.25) is 0 Å². The van der Waals surface area contributed by atoms with Crippen LogP contribution in [0.2, 0.25) is 0 Å². The van der Waals surface area contributed by atoms with E-state index in [1.807, 2.05) is 6.92 Å². The summed E-state index contributed by atoms with van der Waals surface area (Å²) in [5, 5.41) is 0. The molecular formula is C11H20O4. The van der Waals surface area contributed by atoms with E-state index in [9.17, 15) is 9.59 Å². The van der Waals surface area contributed by atoms with Gasteiger partial charge in [-0.1, -0.05) is 13.3 Å². The van der Waals surface area contributed by atoms with Gasteiger partial charge in [-0.05, 0) is 13.3 Å². The molecule has 0 radical (unpaired) electrons. The highest BCUT2D eigenvalue weighted by Gasteiger charge is 2.16. The molecule has 88 valence electrons. The average molecular weight is 216 g/mol. The van der Waals surface area contributed by atoms with Crippen molar-refractivity contribution in [3.8, 4) is 0 Å². The lowest BCUT2D eigenvalue weighted by Gasteiger charge is -2.20. The molecule has 0 aromatic carbocycles. The van der Waals surface area contributed by atoms with Gasteiger partial charge in [0, 0.05) is 20.3 Å². The zero-order valence-corrected chi connectivity index (χ0v) is 9.91. The number of hydrogen-bond donors (Lipinski definition) is 0. The predicted octanol–water partition coefficient (Wildman–Crippen LogP) is 2.06. The number of ether oxygens (including phenoxy) is 2. The summed E-state index contributed by atoms with van der Waals surface area (Å²) in [6.07, 6.45) is 1.93. The number of rotatable bonds is 6. The minimum Gasteiger partial charge on any atom is -0.463 e. The highest BCUT2D eigenvalue weighted by atomic mass is 16.6. The van der Waals surface area contributed by atoms with Gasteiger partial charge in [-0.25, -0.2) is 0 Å². The minimum atomic E-state index is -0.305. The van der Waals surface area contributed by atoms with Crippen molar-refractivity contribution in [1.82, 2.24) is 0 Å². The molecule has 0 heterocycles. The third-order valence-corrected chi connectivity index (χ3v) is 1.91. The van der Waals surface area contributed by atoms with Gasteiger partial charge in [-0.3, -0.25) is 9.59 Å². The molecule has 4 nitrogen and oxygen atoms in total. The fourth-order valence-corrected chi connectivity index (χ4v) is 1.48. The van der Waals surface area contributed by atoms with Crippen LogP contribution in [0.4, 0.5) is 0 Å². The fraction of sp³-hybridized carbons (Fsp3) is 0.818. The first kappa shape index (κ1) is 13.9. The van der Waals surface area contributed by atoms with Gasteiger partial charge in [0.1, 0.15) is 12.2 Å². The van der Waals surface area contributed by atoms with E-state index >= 15 is 0 Å². The summed E-state index contributed by atoms with van der Waals surface area (Å²) in [7, 11) is 0. The standard InChI is InChI=1S/C11H20O4/c1-5-6-11(15-10(4)13)7-8(2)14-9(3)12/h8,11H,5-7H2,1-4H3/t8-,11-/m1/s1. The summed E-state index contributed by atoms with van der Waals surface area (Å²) in [6, 6.07) is 0. The van der Waals surface area contributed by atoms with E-state index < -0.39 is 0 Å². The van der Waals surface area contributed by atoms with Crippen LogP contribution in [0, 0.1) is 0 Å². The average Bonchev–Trinajstić information content (AvgIpc) is 2.00. The van der Waals surface area contributed by atoms with E-state index in [4.69, 9.17) is 9.47 Å². The lowest BCUT2D eigenvalue weighted by molar-refractivity contribution is -0.152. The Morgan fingerprint density at radius 3 is 2.07 bits per heavy atom. The third kappa shape index (κ3) is 7.97. The number of carbonyl (C=O) groups excluding carboxylic acids is 2. The van der Waals surface area contributed by atoms with Crippen LogP contribution in [0.25, 0.3) is 0 Å². The minimum absolute atomic E-state index is 0.151. The van der Waals surface area contributed by atoms with Gasteiger partial charge in [-0.2, -0.15) is 0 Å². The van der Waals surface area contributed by atoms with E-state index in [1.165, 1.54) is 13.8 Å². The zero-order chi connectivity index (χ0) is 11.8. The SMILES string of the molecule is CCC[C@H](C[C@@H](C)OC(C)=O)OC(C)=O. The van der Waals surface area contributed by atoms with E-state index in [2.05, 4.69) is 0 Å². The highest BCUT2D eigenvalue weighted by Crippen LogP contribution is 2.12. The fourth-order valence-electron chi connectivity index (χ4n) is 1.48. The summed E-state index contributed by atoms with van der Waals surface area (Å²) >= 11 is 0. The molecule has 0 rings (SSSR count). The van der Waals surface area contributed by atoms with Crippen LogP contribution in [0.3, 0.4) is 0 Å². The van der Waals surface area contributed by atoms with Gasteiger partial charge in [0.15, 0.2) is 0 Å². The van der Waals surface area contributed by atoms with E-state index in [0.717, 1.165) is 12.8 Å². The van der Waals surface area contributed by atoms with Gasteiger partial charge in [0.05, 0.1) is 0 Å². The Balaban J connectivity index is 4.02. The molecule has 0 aromatic rings. The molecule has 0 fully saturated rings. The number of esters is 2. The summed E-state index contributed by atoms with van der Waals surface area (Å²) in [5.74, 6) is -0.593. The Morgan fingerprint density at radius 2 is 1.67 bits per heavy atom. The molecule has 0 N–H and O–H groups in total. The largest absolute Gasteiger partial charge is 0.463 e. The maximum Gasteiger partial charge on any atom is 0.302 e. The quantitative estimate of drug-likeness (QED) is 0.638. The Kier molecular flexibility index (Phi) is 6.75. The molecule has 2 atom stereocenters. The molecule has 15 heavy (non-hydrogen) atoms. The molecule has 4 heteroatoms. The molecule has 0 unspecified atom stereocenters. The molecule has 0 amide bonds. The molecule has 0 spiro atoms. The predicted molar refractivity (Wildman–Crippen MR) is 56.3 cm³/mol. The lowest BCUT2D eigenvalue weighted by Crippen LogP contribution is -2.24. The van der Waals surface area contributed by atoms with Crippen molar-refractivity contribution in [2.45, 2.75) is 59.2 Å². The molecule has 0 aromatic heterocycles. The van der Waals surface area contributed by atoms with Gasteiger partial charge >= 0.3 is 11.9 Å². The second kappa shape index (κ2) is 7.26. The number of carbonyl (C=O) groups is 2. The maximum absolute atomic E-state index is 10.8. The Morgan fingerprint density at radius 1 is 1.13 bits per heavy atom. The number of hydrogen-bond acceptors (Lipinski definition) is 4. The monoisotopic (exact) mass is 216 g/mol. The summed E-state index contributed by atoms with van der Waals surface area (Å²) in [5.41, 5.74) is 0. The maximum atomic E-state index is 10.8. The van der Waals surface area contributed by atoms with E-state index in [1.54, 1.807) is 6.92 Å². The van der Waals surface area contributed by atoms with Crippen LogP contribution < -0.4 is 0 Å². The van der Waals surface area contributed by atoms with Crippen molar-refractivity contribution in [3.63, 3.8) is 0 Å². The molecule has 0 saturated carbocycles. The van der Waals surface area contributed by atoms with E-state index in [-0.39, 0.29) is 24.1 Å². The van der Waals surface area contributed by atoms with Crippen molar-refractivity contribution in [3.05, 3.63) is 0 Å². The van der Waals surface area contributed by atoms with Gasteiger partial charge in [-0.15, -0.1) is 0 Å². The van der Waals surface area contributed by atoms with Crippen LogP contribution in [-0.4, -0.2) is 24.1 Å². The summed E-state index contributed by atoms with van der Waals surface area (Å²) in [4.78, 5) is 21.5. The molecule has 0 saturated heterocycles. The van der Waals surface area contributed by atoms with Crippen molar-refractivity contribution in [2.24, 2.45) is 0 Å². The molecular weight excluding hydrogens is 196 g/mol. The summed E-state index contributed by atoms with van der Waals surface area (Å²) in [6.45, 7) is 6.58. The Labute approximate surface area is 90.9 Å². The molecule has 0 aliphatic rings. The first-order valence-corrected chi connectivity index (χ1v) is 5.30. The Bertz CT molecular complexity index is 213. The van der Waals surface area contributed by atoms with E-state index in [0.29, 0.717) is 6.42 Å². The van der Waals surface area contributed by atoms with Crippen LogP contribution in [-0.2, 0) is 19.1 Å². The van der Waals surface area contributed by atoms with Crippen molar-refractivity contribution < 1.29 is 19.1 Å². The zero-order valence-electron chi connectivity index (χ0n) is 9.91. The van der Waals surface area contributed by atoms with Gasteiger partial charge in [0.25, 0.3) is 0 Å². The van der Waals surface area contributed by atoms with Crippen LogP contribution in [0.15, 0.2) is 0 Å². The molecule has 0 aliphatic carbocycles. The molecule has 0 bridgehead atoms. The van der Waals surface area contributed by atoms with Crippen molar-refractivity contribution in [2.75, 3.05) is 0 Å². The Hall–Kier alpha value is -1.06. The molecule has 0 aliphatic heterocycles. The first-order chi connectivity index (χ1) is 6.95. The van der Waals surface area contributed by atoms with Gasteiger partial charge < -0.3 is 9.47 Å². The van der Waals surface area contributed by atoms with Crippen molar-refractivity contribution >= 4 is 11.9 Å². The highest BCUT2D eigenvalue weighted by molar-refractivity contribution is 5.66. The third-order valence-electron chi connectivity index (χ3n) is 1.91. The van der Waals surface area contributed by atoms with Crippen LogP contribution >= 0.6 is 0 Å². The second-order valence-electron chi connectivity index (χ2n) is 3.68. The normalized spacial score (nSPS) is 14.1. The van der Waals surface area contributed by atoms with Crippen molar-refractivity contribution in [1.29, 1.82) is 0 Å². The smallest absolute Gasteiger partial charge is 0.302 e. The lowest BCUT2D eigenvalue weighted by atomic mass is 10.1.